The lowest BCUT2D eigenvalue weighted by atomic mass is 10.1. The van der Waals surface area contributed by atoms with Crippen molar-refractivity contribution < 1.29 is 4.74 Å². The van der Waals surface area contributed by atoms with E-state index in [1.165, 1.54) is 10.8 Å². The van der Waals surface area contributed by atoms with Crippen LogP contribution < -0.4 is 4.74 Å². The summed E-state index contributed by atoms with van der Waals surface area (Å²) in [6.45, 7) is 0.776. The molecule has 0 aliphatic heterocycles. The Morgan fingerprint density at radius 2 is 2.00 bits per heavy atom. The first-order valence-corrected chi connectivity index (χ1v) is 7.80. The molecule has 0 spiro atoms. The predicted octanol–water partition coefficient (Wildman–Crippen LogP) is 4.73. The minimum atomic E-state index is 0.776. The summed E-state index contributed by atoms with van der Waals surface area (Å²) in [5.74, 6) is 2.08. The molecular weight excluding hydrogens is 296 g/mol. The Morgan fingerprint density at radius 3 is 2.82 bits per heavy atom. The highest BCUT2D eigenvalue weighted by molar-refractivity contribution is 9.10. The van der Waals surface area contributed by atoms with Crippen molar-refractivity contribution in [2.45, 2.75) is 6.42 Å². The summed E-state index contributed by atoms with van der Waals surface area (Å²) in [6.07, 6.45) is 3.20. The van der Waals surface area contributed by atoms with E-state index in [0.29, 0.717) is 0 Å². The lowest BCUT2D eigenvalue weighted by molar-refractivity contribution is 0.317. The van der Waals surface area contributed by atoms with Crippen molar-refractivity contribution in [3.05, 3.63) is 40.9 Å². The molecule has 0 bridgehead atoms. The van der Waals surface area contributed by atoms with E-state index in [4.69, 9.17) is 4.74 Å². The smallest absolute Gasteiger partial charge is 0.134 e. The van der Waals surface area contributed by atoms with Crippen molar-refractivity contribution in [2.75, 3.05) is 18.6 Å². The lowest BCUT2D eigenvalue weighted by Gasteiger charge is -2.10. The van der Waals surface area contributed by atoms with Crippen LogP contribution in [0.2, 0.25) is 0 Å². The molecule has 0 N–H and O–H groups in total. The van der Waals surface area contributed by atoms with Crippen molar-refractivity contribution in [1.82, 2.24) is 0 Å². The van der Waals surface area contributed by atoms with E-state index in [-0.39, 0.29) is 0 Å². The maximum Gasteiger partial charge on any atom is 0.134 e. The molecule has 2 aromatic rings. The zero-order valence-corrected chi connectivity index (χ0v) is 12.2. The summed E-state index contributed by atoms with van der Waals surface area (Å²) < 4.78 is 6.84. The first kappa shape index (κ1) is 12.8. The highest BCUT2D eigenvalue weighted by Gasteiger charge is 2.05. The molecule has 0 heterocycles. The lowest BCUT2D eigenvalue weighted by Crippen LogP contribution is -1.99. The van der Waals surface area contributed by atoms with Gasteiger partial charge >= 0.3 is 0 Å². The molecule has 90 valence electrons. The van der Waals surface area contributed by atoms with E-state index in [0.717, 1.165) is 29.0 Å². The monoisotopic (exact) mass is 310 g/mol. The van der Waals surface area contributed by atoms with Gasteiger partial charge in [0.05, 0.1) is 11.1 Å². The van der Waals surface area contributed by atoms with Crippen LogP contribution in [0.25, 0.3) is 10.8 Å². The van der Waals surface area contributed by atoms with Crippen LogP contribution in [0.3, 0.4) is 0 Å². The minimum Gasteiger partial charge on any atom is -0.492 e. The molecule has 0 aromatic heterocycles. The number of fused-ring (bicyclic) bond motifs is 1. The molecule has 0 aliphatic carbocycles. The van der Waals surface area contributed by atoms with Crippen LogP contribution >= 0.6 is 27.7 Å². The van der Waals surface area contributed by atoms with Gasteiger partial charge in [-0.2, -0.15) is 11.8 Å². The van der Waals surface area contributed by atoms with E-state index in [1.54, 1.807) is 0 Å². The molecule has 0 fully saturated rings. The summed E-state index contributed by atoms with van der Waals surface area (Å²) in [7, 11) is 0. The summed E-state index contributed by atoms with van der Waals surface area (Å²) >= 11 is 5.47. The molecule has 0 saturated heterocycles. The van der Waals surface area contributed by atoms with Crippen LogP contribution in [0.5, 0.6) is 5.75 Å². The van der Waals surface area contributed by atoms with Gasteiger partial charge in [0.1, 0.15) is 5.75 Å². The van der Waals surface area contributed by atoms with Crippen molar-refractivity contribution in [1.29, 1.82) is 0 Å². The number of ether oxygens (including phenoxy) is 1. The van der Waals surface area contributed by atoms with E-state index in [1.807, 2.05) is 30.0 Å². The summed E-state index contributed by atoms with van der Waals surface area (Å²) in [5, 5.41) is 2.44. The first-order valence-electron chi connectivity index (χ1n) is 5.62. The quantitative estimate of drug-likeness (QED) is 0.738. The van der Waals surface area contributed by atoms with Crippen LogP contribution in [0.1, 0.15) is 6.42 Å². The fraction of sp³-hybridized carbons (Fsp3) is 0.286. The number of hydrogen-bond donors (Lipinski definition) is 0. The average molecular weight is 311 g/mol. The third-order valence-corrected chi connectivity index (χ3v) is 4.09. The van der Waals surface area contributed by atoms with E-state index >= 15 is 0 Å². The Labute approximate surface area is 115 Å². The van der Waals surface area contributed by atoms with Crippen molar-refractivity contribution >= 4 is 38.5 Å². The van der Waals surface area contributed by atoms with Crippen LogP contribution in [0.4, 0.5) is 0 Å². The summed E-state index contributed by atoms with van der Waals surface area (Å²) in [4.78, 5) is 0. The van der Waals surface area contributed by atoms with Crippen LogP contribution in [0, 0.1) is 0 Å². The van der Waals surface area contributed by atoms with Gasteiger partial charge in [-0.05, 0) is 51.2 Å². The number of halogens is 1. The number of thioether (sulfide) groups is 1. The van der Waals surface area contributed by atoms with E-state index in [2.05, 4.69) is 40.4 Å². The SMILES string of the molecule is CSCCCOc1ccc2ccccc2c1Br. The van der Waals surface area contributed by atoms with Gasteiger partial charge in [-0.25, -0.2) is 0 Å². The van der Waals surface area contributed by atoms with Crippen molar-refractivity contribution in [3.8, 4) is 5.75 Å². The molecule has 2 rings (SSSR count). The largest absolute Gasteiger partial charge is 0.492 e. The Hall–Kier alpha value is -0.670. The molecule has 2 aromatic carbocycles. The van der Waals surface area contributed by atoms with Crippen LogP contribution in [-0.4, -0.2) is 18.6 Å². The topological polar surface area (TPSA) is 9.23 Å². The van der Waals surface area contributed by atoms with Crippen molar-refractivity contribution in [3.63, 3.8) is 0 Å². The average Bonchev–Trinajstić information content (AvgIpc) is 2.37. The zero-order chi connectivity index (χ0) is 12.1. The number of rotatable bonds is 5. The zero-order valence-electron chi connectivity index (χ0n) is 9.78. The molecule has 0 amide bonds. The third kappa shape index (κ3) is 3.17. The Morgan fingerprint density at radius 1 is 1.18 bits per heavy atom. The normalized spacial score (nSPS) is 10.7. The predicted molar refractivity (Wildman–Crippen MR) is 80.1 cm³/mol. The molecular formula is C14H15BrOS. The molecule has 1 nitrogen and oxygen atoms in total. The summed E-state index contributed by atoms with van der Waals surface area (Å²) in [6, 6.07) is 12.4. The summed E-state index contributed by atoms with van der Waals surface area (Å²) in [5.41, 5.74) is 0. The second-order valence-electron chi connectivity index (χ2n) is 3.79. The van der Waals surface area contributed by atoms with Gasteiger partial charge in [-0.3, -0.25) is 0 Å². The Balaban J connectivity index is 2.15. The highest BCUT2D eigenvalue weighted by atomic mass is 79.9. The molecule has 0 unspecified atom stereocenters. The standard InChI is InChI=1S/C14H15BrOS/c1-17-10-4-9-16-13-8-7-11-5-2-3-6-12(11)14(13)15/h2-3,5-8H,4,9-10H2,1H3. The van der Waals surface area contributed by atoms with Gasteiger partial charge in [0.15, 0.2) is 0 Å². The molecule has 0 atom stereocenters. The molecule has 17 heavy (non-hydrogen) atoms. The number of hydrogen-bond acceptors (Lipinski definition) is 2. The van der Waals surface area contributed by atoms with Crippen molar-refractivity contribution in [2.24, 2.45) is 0 Å². The number of benzene rings is 2. The van der Waals surface area contributed by atoms with Gasteiger partial charge < -0.3 is 4.74 Å². The second kappa shape index (κ2) is 6.31. The van der Waals surface area contributed by atoms with Gasteiger partial charge in [0.2, 0.25) is 0 Å². The first-order chi connectivity index (χ1) is 8.33. The highest BCUT2D eigenvalue weighted by Crippen LogP contribution is 2.33. The molecule has 3 heteroatoms. The molecule has 0 saturated carbocycles. The fourth-order valence-corrected chi connectivity index (χ4v) is 2.72. The molecule has 0 radical (unpaired) electrons. The van der Waals surface area contributed by atoms with Crippen LogP contribution in [0.15, 0.2) is 40.9 Å². The fourth-order valence-electron chi connectivity index (χ4n) is 1.71. The third-order valence-electron chi connectivity index (χ3n) is 2.58. The Kier molecular flexibility index (Phi) is 4.75. The maximum absolute atomic E-state index is 5.79. The van der Waals surface area contributed by atoms with Gasteiger partial charge in [-0.15, -0.1) is 0 Å². The van der Waals surface area contributed by atoms with Crippen LogP contribution in [-0.2, 0) is 0 Å². The van der Waals surface area contributed by atoms with E-state index < -0.39 is 0 Å². The van der Waals surface area contributed by atoms with Gasteiger partial charge in [-0.1, -0.05) is 30.3 Å². The van der Waals surface area contributed by atoms with Gasteiger partial charge in [0, 0.05) is 0 Å². The second-order valence-corrected chi connectivity index (χ2v) is 5.57. The van der Waals surface area contributed by atoms with E-state index in [9.17, 15) is 0 Å². The minimum absolute atomic E-state index is 0.776. The Bertz CT molecular complexity index is 499. The molecule has 0 aliphatic rings. The maximum atomic E-state index is 5.79. The van der Waals surface area contributed by atoms with Gasteiger partial charge in [0.25, 0.3) is 0 Å².